The number of likely N-dealkylation sites (tertiary alicyclic amines) is 1. The van der Waals surface area contributed by atoms with Crippen molar-refractivity contribution in [1.82, 2.24) is 10.2 Å². The van der Waals surface area contributed by atoms with E-state index in [1.165, 1.54) is 5.56 Å². The number of ether oxygens (including phenoxy) is 1. The summed E-state index contributed by atoms with van der Waals surface area (Å²) in [7, 11) is 1.66. The van der Waals surface area contributed by atoms with Crippen LogP contribution >= 0.6 is 0 Å². The van der Waals surface area contributed by atoms with Gasteiger partial charge in [-0.05, 0) is 49.8 Å². The number of amides is 2. The van der Waals surface area contributed by atoms with Crippen molar-refractivity contribution in [3.63, 3.8) is 0 Å². The highest BCUT2D eigenvalue weighted by molar-refractivity contribution is 5.80. The van der Waals surface area contributed by atoms with Crippen LogP contribution in [0.3, 0.4) is 0 Å². The van der Waals surface area contributed by atoms with Crippen LogP contribution in [0.25, 0.3) is 0 Å². The third kappa shape index (κ3) is 3.89. The van der Waals surface area contributed by atoms with Gasteiger partial charge in [0, 0.05) is 31.5 Å². The molecule has 0 unspecified atom stereocenters. The summed E-state index contributed by atoms with van der Waals surface area (Å²) in [6, 6.07) is 8.02. The van der Waals surface area contributed by atoms with E-state index in [-0.39, 0.29) is 17.4 Å². The molecule has 2 aliphatic rings. The average Bonchev–Trinajstić information content (AvgIpc) is 2.96. The molecular formula is C19H26N2O3. The first-order valence-electron chi connectivity index (χ1n) is 8.82. The van der Waals surface area contributed by atoms with E-state index in [9.17, 15) is 9.59 Å². The van der Waals surface area contributed by atoms with Gasteiger partial charge in [0.1, 0.15) is 5.75 Å². The molecule has 1 N–H and O–H groups in total. The summed E-state index contributed by atoms with van der Waals surface area (Å²) in [5, 5.41) is 3.12. The lowest BCUT2D eigenvalue weighted by Crippen LogP contribution is -2.52. The van der Waals surface area contributed by atoms with Crippen molar-refractivity contribution in [3.05, 3.63) is 29.8 Å². The molecule has 3 rings (SSSR count). The summed E-state index contributed by atoms with van der Waals surface area (Å²) in [5.41, 5.74) is 1.20. The zero-order valence-corrected chi connectivity index (χ0v) is 14.3. The van der Waals surface area contributed by atoms with Crippen LogP contribution in [-0.4, -0.2) is 42.5 Å². The molecule has 2 amide bonds. The Morgan fingerprint density at radius 1 is 1.21 bits per heavy atom. The van der Waals surface area contributed by atoms with Crippen molar-refractivity contribution >= 4 is 11.8 Å². The molecular weight excluding hydrogens is 304 g/mol. The molecule has 0 radical (unpaired) electrons. The quantitative estimate of drug-likeness (QED) is 0.901. The number of hydrogen-bond acceptors (Lipinski definition) is 3. The third-order valence-corrected chi connectivity index (χ3v) is 5.32. The van der Waals surface area contributed by atoms with Crippen LogP contribution in [0, 0.1) is 0 Å². The normalized spacial score (nSPS) is 19.4. The van der Waals surface area contributed by atoms with Crippen molar-refractivity contribution < 1.29 is 14.3 Å². The first-order chi connectivity index (χ1) is 11.6. The summed E-state index contributed by atoms with van der Waals surface area (Å²) < 4.78 is 5.15. The van der Waals surface area contributed by atoms with Crippen LogP contribution in [0.4, 0.5) is 0 Å². The minimum Gasteiger partial charge on any atom is -0.497 e. The first kappa shape index (κ1) is 16.8. The molecule has 1 aromatic rings. The number of benzene rings is 1. The van der Waals surface area contributed by atoms with E-state index in [0.717, 1.165) is 50.9 Å². The minimum absolute atomic E-state index is 0.0308. The Kier molecular flexibility index (Phi) is 5.07. The molecule has 0 saturated carbocycles. The summed E-state index contributed by atoms with van der Waals surface area (Å²) in [5.74, 6) is 1.26. The third-order valence-electron chi connectivity index (χ3n) is 5.32. The maximum atomic E-state index is 12.4. The fourth-order valence-corrected chi connectivity index (χ4v) is 3.73. The maximum Gasteiger partial charge on any atom is 0.222 e. The van der Waals surface area contributed by atoms with Crippen LogP contribution in [0.5, 0.6) is 5.75 Å². The van der Waals surface area contributed by atoms with Gasteiger partial charge < -0.3 is 15.0 Å². The van der Waals surface area contributed by atoms with Gasteiger partial charge in [-0.25, -0.2) is 0 Å². The molecule has 0 atom stereocenters. The Labute approximate surface area is 143 Å². The summed E-state index contributed by atoms with van der Waals surface area (Å²) in [6.07, 6.45) is 5.70. The average molecular weight is 330 g/mol. The lowest BCUT2D eigenvalue weighted by molar-refractivity contribution is -0.133. The van der Waals surface area contributed by atoms with E-state index < -0.39 is 0 Å². The van der Waals surface area contributed by atoms with Crippen molar-refractivity contribution in [1.29, 1.82) is 0 Å². The highest BCUT2D eigenvalue weighted by Gasteiger charge is 2.40. The van der Waals surface area contributed by atoms with Crippen molar-refractivity contribution in [3.8, 4) is 5.75 Å². The predicted molar refractivity (Wildman–Crippen MR) is 91.9 cm³/mol. The van der Waals surface area contributed by atoms with Crippen LogP contribution < -0.4 is 10.1 Å². The Morgan fingerprint density at radius 3 is 2.50 bits per heavy atom. The molecule has 5 heteroatoms. The molecule has 0 aliphatic carbocycles. The van der Waals surface area contributed by atoms with Gasteiger partial charge >= 0.3 is 0 Å². The van der Waals surface area contributed by atoms with E-state index in [4.69, 9.17) is 4.74 Å². The lowest BCUT2D eigenvalue weighted by Gasteiger charge is -2.39. The van der Waals surface area contributed by atoms with E-state index in [1.807, 2.05) is 17.0 Å². The van der Waals surface area contributed by atoms with E-state index >= 15 is 0 Å². The first-order valence-corrected chi connectivity index (χ1v) is 8.82. The van der Waals surface area contributed by atoms with E-state index in [0.29, 0.717) is 12.8 Å². The SMILES string of the molecule is COc1ccc(CCCC(=O)N2CCC3(CCC(=O)N3)CC2)cc1. The molecule has 2 aliphatic heterocycles. The fourth-order valence-electron chi connectivity index (χ4n) is 3.73. The smallest absolute Gasteiger partial charge is 0.222 e. The second-order valence-electron chi connectivity index (χ2n) is 6.91. The van der Waals surface area contributed by atoms with Gasteiger partial charge in [-0.3, -0.25) is 9.59 Å². The number of carbonyl (C=O) groups is 2. The Bertz CT molecular complexity index is 589. The standard InChI is InChI=1S/C19H26N2O3/c1-24-16-7-5-15(6-8-16)3-2-4-18(23)21-13-11-19(12-14-21)10-9-17(22)20-19/h5-8H,2-4,9-14H2,1H3,(H,20,22). The summed E-state index contributed by atoms with van der Waals surface area (Å²) >= 11 is 0. The Hall–Kier alpha value is -2.04. The summed E-state index contributed by atoms with van der Waals surface area (Å²) in [4.78, 5) is 25.8. The minimum atomic E-state index is -0.0308. The van der Waals surface area contributed by atoms with Crippen molar-refractivity contribution in [2.75, 3.05) is 20.2 Å². The van der Waals surface area contributed by atoms with Crippen LogP contribution in [0.1, 0.15) is 44.1 Å². The van der Waals surface area contributed by atoms with Crippen LogP contribution in [0.2, 0.25) is 0 Å². The van der Waals surface area contributed by atoms with Gasteiger partial charge in [0.25, 0.3) is 0 Å². The zero-order chi connectivity index (χ0) is 17.0. The van der Waals surface area contributed by atoms with Crippen molar-refractivity contribution in [2.45, 2.75) is 50.5 Å². The number of nitrogens with zero attached hydrogens (tertiary/aromatic N) is 1. The predicted octanol–water partition coefficient (Wildman–Crippen LogP) is 2.29. The Balaban J connectivity index is 1.40. The largest absolute Gasteiger partial charge is 0.497 e. The second kappa shape index (κ2) is 7.24. The van der Waals surface area contributed by atoms with Crippen LogP contribution in [0.15, 0.2) is 24.3 Å². The molecule has 0 aromatic heterocycles. The lowest BCUT2D eigenvalue weighted by atomic mass is 9.86. The molecule has 24 heavy (non-hydrogen) atoms. The molecule has 2 fully saturated rings. The molecule has 130 valence electrons. The van der Waals surface area contributed by atoms with Gasteiger partial charge in [0.2, 0.25) is 11.8 Å². The van der Waals surface area contributed by atoms with Gasteiger partial charge in [-0.1, -0.05) is 12.1 Å². The molecule has 0 bridgehead atoms. The maximum absolute atomic E-state index is 12.4. The number of piperidine rings is 1. The van der Waals surface area contributed by atoms with Crippen molar-refractivity contribution in [2.24, 2.45) is 0 Å². The highest BCUT2D eigenvalue weighted by Crippen LogP contribution is 2.31. The number of carbonyl (C=O) groups excluding carboxylic acids is 2. The summed E-state index contributed by atoms with van der Waals surface area (Å²) in [6.45, 7) is 1.53. The monoisotopic (exact) mass is 330 g/mol. The van der Waals surface area contributed by atoms with E-state index in [2.05, 4.69) is 17.4 Å². The molecule has 5 nitrogen and oxygen atoms in total. The fraction of sp³-hybridized carbons (Fsp3) is 0.579. The highest BCUT2D eigenvalue weighted by atomic mass is 16.5. The molecule has 2 saturated heterocycles. The molecule has 1 spiro atoms. The number of aryl methyl sites for hydroxylation is 1. The number of rotatable bonds is 5. The number of hydrogen-bond donors (Lipinski definition) is 1. The second-order valence-corrected chi connectivity index (χ2v) is 6.91. The van der Waals surface area contributed by atoms with Gasteiger partial charge in [0.15, 0.2) is 0 Å². The van der Waals surface area contributed by atoms with Gasteiger partial charge in [-0.15, -0.1) is 0 Å². The van der Waals surface area contributed by atoms with Crippen LogP contribution in [-0.2, 0) is 16.0 Å². The van der Waals surface area contributed by atoms with E-state index in [1.54, 1.807) is 7.11 Å². The Morgan fingerprint density at radius 2 is 1.92 bits per heavy atom. The molecule has 2 heterocycles. The van der Waals surface area contributed by atoms with Gasteiger partial charge in [-0.2, -0.15) is 0 Å². The number of nitrogens with one attached hydrogen (secondary N) is 1. The number of methoxy groups -OCH3 is 1. The zero-order valence-electron chi connectivity index (χ0n) is 14.3. The van der Waals surface area contributed by atoms with Gasteiger partial charge in [0.05, 0.1) is 7.11 Å². The topological polar surface area (TPSA) is 58.6 Å². The molecule has 1 aromatic carbocycles.